The van der Waals surface area contributed by atoms with Gasteiger partial charge >= 0.3 is 0 Å². The quantitative estimate of drug-likeness (QED) is 0.646. The highest BCUT2D eigenvalue weighted by molar-refractivity contribution is 7.87. The summed E-state index contributed by atoms with van der Waals surface area (Å²) in [5, 5.41) is 9.16. The summed E-state index contributed by atoms with van der Waals surface area (Å²) in [5.74, 6) is 0. The number of hydrogen-bond donors (Lipinski definition) is 3. The van der Waals surface area contributed by atoms with E-state index in [0.717, 1.165) is 5.56 Å². The topological polar surface area (TPSA) is 78.4 Å². The van der Waals surface area contributed by atoms with Crippen molar-refractivity contribution in [1.82, 2.24) is 9.44 Å². The standard InChI is InChI=1S/C11H18N2O3S/c1-2-12-17(15,16)13-11(9-14)8-10-6-4-3-5-7-10/h3-7,11-14H,2,8-9H2,1H3. The van der Waals surface area contributed by atoms with Gasteiger partial charge in [-0.05, 0) is 12.0 Å². The fraction of sp³-hybridized carbons (Fsp3) is 0.455. The first-order valence-corrected chi connectivity index (χ1v) is 6.97. The second-order valence-corrected chi connectivity index (χ2v) is 5.22. The van der Waals surface area contributed by atoms with E-state index < -0.39 is 16.3 Å². The lowest BCUT2D eigenvalue weighted by atomic mass is 10.1. The van der Waals surface area contributed by atoms with E-state index in [1.165, 1.54) is 0 Å². The molecule has 0 spiro atoms. The maximum atomic E-state index is 11.5. The molecule has 0 bridgehead atoms. The van der Waals surface area contributed by atoms with E-state index in [0.29, 0.717) is 13.0 Å². The summed E-state index contributed by atoms with van der Waals surface area (Å²) in [4.78, 5) is 0. The van der Waals surface area contributed by atoms with E-state index in [9.17, 15) is 8.42 Å². The van der Waals surface area contributed by atoms with Crippen LogP contribution in [0.3, 0.4) is 0 Å². The van der Waals surface area contributed by atoms with Gasteiger partial charge in [0.05, 0.1) is 12.6 Å². The van der Waals surface area contributed by atoms with Crippen molar-refractivity contribution in [3.05, 3.63) is 35.9 Å². The van der Waals surface area contributed by atoms with Gasteiger partial charge in [0.15, 0.2) is 0 Å². The third-order valence-corrected chi connectivity index (χ3v) is 3.51. The number of aliphatic hydroxyl groups excluding tert-OH is 1. The molecule has 0 amide bonds. The van der Waals surface area contributed by atoms with Crippen LogP contribution in [0.25, 0.3) is 0 Å². The van der Waals surface area contributed by atoms with Gasteiger partial charge in [0.2, 0.25) is 0 Å². The Balaban J connectivity index is 2.61. The molecule has 1 aromatic rings. The van der Waals surface area contributed by atoms with Crippen molar-refractivity contribution in [2.24, 2.45) is 0 Å². The Morgan fingerprint density at radius 1 is 1.29 bits per heavy atom. The zero-order valence-electron chi connectivity index (χ0n) is 9.76. The lowest BCUT2D eigenvalue weighted by Crippen LogP contribution is -2.45. The van der Waals surface area contributed by atoms with Crippen molar-refractivity contribution < 1.29 is 13.5 Å². The van der Waals surface area contributed by atoms with E-state index in [4.69, 9.17) is 5.11 Å². The number of hydrogen-bond acceptors (Lipinski definition) is 3. The first-order chi connectivity index (χ1) is 8.07. The third-order valence-electron chi connectivity index (χ3n) is 2.20. The third kappa shape index (κ3) is 5.27. The summed E-state index contributed by atoms with van der Waals surface area (Å²) in [6.07, 6.45) is 0.460. The van der Waals surface area contributed by atoms with Gasteiger partial charge in [0.1, 0.15) is 0 Å². The molecule has 1 atom stereocenters. The number of benzene rings is 1. The molecule has 0 aliphatic carbocycles. The van der Waals surface area contributed by atoms with E-state index in [-0.39, 0.29) is 6.61 Å². The molecule has 5 nitrogen and oxygen atoms in total. The van der Waals surface area contributed by atoms with Gasteiger partial charge in [-0.2, -0.15) is 13.1 Å². The summed E-state index contributed by atoms with van der Waals surface area (Å²) < 4.78 is 27.6. The van der Waals surface area contributed by atoms with Crippen LogP contribution >= 0.6 is 0 Å². The molecule has 1 rings (SSSR count). The lowest BCUT2D eigenvalue weighted by Gasteiger charge is -2.16. The molecule has 0 fully saturated rings. The fourth-order valence-electron chi connectivity index (χ4n) is 1.49. The minimum atomic E-state index is -3.52. The molecule has 0 heterocycles. The normalized spacial score (nSPS) is 13.5. The van der Waals surface area contributed by atoms with Gasteiger partial charge in [-0.3, -0.25) is 0 Å². The Morgan fingerprint density at radius 3 is 2.47 bits per heavy atom. The number of rotatable bonds is 7. The van der Waals surface area contributed by atoms with Crippen LogP contribution < -0.4 is 9.44 Å². The van der Waals surface area contributed by atoms with Gasteiger partial charge in [0.25, 0.3) is 10.2 Å². The Hall–Kier alpha value is -0.950. The smallest absolute Gasteiger partial charge is 0.277 e. The highest BCUT2D eigenvalue weighted by Gasteiger charge is 2.16. The highest BCUT2D eigenvalue weighted by Crippen LogP contribution is 2.03. The fourth-order valence-corrected chi connectivity index (χ4v) is 2.55. The Bertz CT molecular complexity index is 420. The zero-order chi connectivity index (χ0) is 12.7. The largest absolute Gasteiger partial charge is 0.395 e. The summed E-state index contributed by atoms with van der Waals surface area (Å²) in [7, 11) is -3.52. The first-order valence-electron chi connectivity index (χ1n) is 5.49. The minimum absolute atomic E-state index is 0.237. The Kier molecular flexibility index (Phi) is 5.57. The molecule has 0 radical (unpaired) electrons. The first kappa shape index (κ1) is 14.1. The second-order valence-electron chi connectivity index (χ2n) is 3.69. The van der Waals surface area contributed by atoms with Crippen LogP contribution in [0, 0.1) is 0 Å². The average Bonchev–Trinajstić information content (AvgIpc) is 2.29. The van der Waals surface area contributed by atoms with Crippen LogP contribution in [0.5, 0.6) is 0 Å². The molecule has 0 saturated carbocycles. The van der Waals surface area contributed by atoms with Gasteiger partial charge in [-0.1, -0.05) is 37.3 Å². The monoisotopic (exact) mass is 258 g/mol. The van der Waals surface area contributed by atoms with Crippen LogP contribution in [-0.2, 0) is 16.6 Å². The molecule has 0 aromatic heterocycles. The van der Waals surface area contributed by atoms with E-state index in [2.05, 4.69) is 9.44 Å². The van der Waals surface area contributed by atoms with Crippen molar-refractivity contribution in [2.75, 3.05) is 13.2 Å². The van der Waals surface area contributed by atoms with Gasteiger partial charge in [-0.15, -0.1) is 0 Å². The molecule has 0 saturated heterocycles. The summed E-state index contributed by atoms with van der Waals surface area (Å²) in [5.41, 5.74) is 0.978. The predicted octanol–water partition coefficient (Wildman–Crippen LogP) is 0.0339. The predicted molar refractivity (Wildman–Crippen MR) is 66.8 cm³/mol. The van der Waals surface area contributed by atoms with Crippen LogP contribution in [0.1, 0.15) is 12.5 Å². The van der Waals surface area contributed by atoms with Crippen LogP contribution in [0.15, 0.2) is 30.3 Å². The Morgan fingerprint density at radius 2 is 1.94 bits per heavy atom. The molecule has 17 heavy (non-hydrogen) atoms. The van der Waals surface area contributed by atoms with Crippen LogP contribution in [0.2, 0.25) is 0 Å². The zero-order valence-corrected chi connectivity index (χ0v) is 10.6. The van der Waals surface area contributed by atoms with Gasteiger partial charge in [-0.25, -0.2) is 4.72 Å². The molecule has 6 heteroatoms. The van der Waals surface area contributed by atoms with E-state index in [1.807, 2.05) is 30.3 Å². The summed E-state index contributed by atoms with van der Waals surface area (Å²) in [6, 6.07) is 8.92. The van der Waals surface area contributed by atoms with Gasteiger partial charge in [0, 0.05) is 6.54 Å². The average molecular weight is 258 g/mol. The molecule has 0 aliphatic heterocycles. The van der Waals surface area contributed by atoms with Crippen LogP contribution in [-0.4, -0.2) is 32.7 Å². The minimum Gasteiger partial charge on any atom is -0.395 e. The Labute approximate surface area is 102 Å². The lowest BCUT2D eigenvalue weighted by molar-refractivity contribution is 0.255. The molecular weight excluding hydrogens is 240 g/mol. The van der Waals surface area contributed by atoms with Gasteiger partial charge < -0.3 is 5.11 Å². The van der Waals surface area contributed by atoms with Crippen molar-refractivity contribution in [2.45, 2.75) is 19.4 Å². The maximum Gasteiger partial charge on any atom is 0.277 e. The van der Waals surface area contributed by atoms with Crippen molar-refractivity contribution >= 4 is 10.2 Å². The van der Waals surface area contributed by atoms with Crippen molar-refractivity contribution in [3.8, 4) is 0 Å². The van der Waals surface area contributed by atoms with Crippen molar-refractivity contribution in [3.63, 3.8) is 0 Å². The molecule has 0 aliphatic rings. The van der Waals surface area contributed by atoms with E-state index in [1.54, 1.807) is 6.92 Å². The molecule has 1 unspecified atom stereocenters. The molecule has 96 valence electrons. The van der Waals surface area contributed by atoms with Crippen molar-refractivity contribution in [1.29, 1.82) is 0 Å². The van der Waals surface area contributed by atoms with E-state index >= 15 is 0 Å². The second kappa shape index (κ2) is 6.70. The highest BCUT2D eigenvalue weighted by atomic mass is 32.2. The van der Waals surface area contributed by atoms with Crippen LogP contribution in [0.4, 0.5) is 0 Å². The number of aliphatic hydroxyl groups is 1. The molecule has 3 N–H and O–H groups in total. The maximum absolute atomic E-state index is 11.5. The number of nitrogens with one attached hydrogen (secondary N) is 2. The summed E-state index contributed by atoms with van der Waals surface area (Å²) >= 11 is 0. The molecular formula is C11H18N2O3S. The molecule has 1 aromatic carbocycles. The summed E-state index contributed by atoms with van der Waals surface area (Å²) in [6.45, 7) is 1.78. The SMILES string of the molecule is CCNS(=O)(=O)NC(CO)Cc1ccccc1.